The van der Waals surface area contributed by atoms with Crippen molar-refractivity contribution in [1.82, 2.24) is 10.9 Å². The van der Waals surface area contributed by atoms with E-state index in [2.05, 4.69) is 32.1 Å². The molecule has 0 bridgehead atoms. The van der Waals surface area contributed by atoms with Crippen molar-refractivity contribution in [1.29, 1.82) is 0 Å². The molecule has 0 saturated heterocycles. The van der Waals surface area contributed by atoms with E-state index in [1.807, 2.05) is 13.8 Å². The Balaban J connectivity index is 1.79. The summed E-state index contributed by atoms with van der Waals surface area (Å²) >= 11 is 9.28. The van der Waals surface area contributed by atoms with Gasteiger partial charge >= 0.3 is 0 Å². The van der Waals surface area contributed by atoms with Crippen LogP contribution in [0.3, 0.4) is 0 Å². The molecule has 0 aliphatic heterocycles. The predicted octanol–water partition coefficient (Wildman–Crippen LogP) is 3.93. The summed E-state index contributed by atoms with van der Waals surface area (Å²) in [6, 6.07) is 11.3. The maximum atomic E-state index is 12.1. The highest BCUT2D eigenvalue weighted by atomic mass is 79.9. The number of nitrogens with one attached hydrogen (secondary N) is 3. The molecule has 3 amide bonds. The van der Waals surface area contributed by atoms with Crippen LogP contribution in [0.4, 0.5) is 5.69 Å². The Labute approximate surface area is 182 Å². The summed E-state index contributed by atoms with van der Waals surface area (Å²) in [5.74, 6) is -0.524. The van der Waals surface area contributed by atoms with E-state index in [1.165, 1.54) is 0 Å². The minimum absolute atomic E-state index is 0.0876. The fourth-order valence-corrected chi connectivity index (χ4v) is 2.99. The van der Waals surface area contributed by atoms with Crippen LogP contribution in [-0.2, 0) is 9.59 Å². The fourth-order valence-electron chi connectivity index (χ4n) is 2.26. The van der Waals surface area contributed by atoms with Crippen molar-refractivity contribution in [3.8, 4) is 5.75 Å². The lowest BCUT2D eigenvalue weighted by atomic mass is 10.1. The first-order valence-electron chi connectivity index (χ1n) is 8.81. The lowest BCUT2D eigenvalue weighted by molar-refractivity contribution is -0.123. The number of amides is 3. The second-order valence-corrected chi connectivity index (χ2v) is 7.91. The second-order valence-electron chi connectivity index (χ2n) is 6.59. The van der Waals surface area contributed by atoms with Gasteiger partial charge in [-0.1, -0.05) is 41.4 Å². The Morgan fingerprint density at radius 1 is 1.03 bits per heavy atom. The van der Waals surface area contributed by atoms with Gasteiger partial charge in [-0.25, -0.2) is 0 Å². The molecule has 154 valence electrons. The molecule has 2 aromatic carbocycles. The van der Waals surface area contributed by atoms with Crippen LogP contribution in [0, 0.1) is 5.92 Å². The molecule has 0 saturated carbocycles. The van der Waals surface area contributed by atoms with Crippen molar-refractivity contribution in [2.45, 2.75) is 20.3 Å². The zero-order valence-electron chi connectivity index (χ0n) is 15.9. The molecule has 0 atom stereocenters. The summed E-state index contributed by atoms with van der Waals surface area (Å²) in [5.41, 5.74) is 5.48. The summed E-state index contributed by atoms with van der Waals surface area (Å²) in [7, 11) is 0. The third kappa shape index (κ3) is 7.75. The van der Waals surface area contributed by atoms with E-state index < -0.39 is 11.8 Å². The molecule has 2 aromatic rings. The van der Waals surface area contributed by atoms with E-state index in [1.54, 1.807) is 42.5 Å². The fraction of sp³-hybridized carbons (Fsp3) is 0.250. The number of hydrogen-bond donors (Lipinski definition) is 3. The van der Waals surface area contributed by atoms with Crippen molar-refractivity contribution >= 4 is 50.9 Å². The number of anilines is 1. The van der Waals surface area contributed by atoms with Crippen LogP contribution in [-0.4, -0.2) is 24.3 Å². The molecule has 0 aromatic heterocycles. The van der Waals surface area contributed by atoms with Crippen LogP contribution in [0.15, 0.2) is 46.9 Å². The lowest BCUT2D eigenvalue weighted by Crippen LogP contribution is -2.43. The number of halogens is 2. The third-order valence-electron chi connectivity index (χ3n) is 3.59. The van der Waals surface area contributed by atoms with Crippen LogP contribution in [0.25, 0.3) is 0 Å². The maximum absolute atomic E-state index is 12.1. The number of carbonyl (C=O) groups excluding carboxylic acids is 3. The quantitative estimate of drug-likeness (QED) is 0.521. The summed E-state index contributed by atoms with van der Waals surface area (Å²) in [4.78, 5) is 35.7. The minimum atomic E-state index is -0.546. The van der Waals surface area contributed by atoms with Crippen molar-refractivity contribution in [3.05, 3.63) is 57.5 Å². The smallest absolute Gasteiger partial charge is 0.276 e. The molecule has 0 unspecified atom stereocenters. The molecule has 0 aliphatic carbocycles. The molecule has 9 heteroatoms. The standard InChI is InChI=1S/C20H21BrClN3O4/c1-12(2)9-18(26)23-15-6-3-13(4-7-15)20(28)25-24-19(27)11-29-17-8-5-14(21)10-16(17)22/h3-8,10,12H,9,11H2,1-2H3,(H,23,26)(H,24,27)(H,25,28). The second kappa shape index (κ2) is 10.8. The van der Waals surface area contributed by atoms with Gasteiger partial charge in [-0.15, -0.1) is 0 Å². The Morgan fingerprint density at radius 3 is 2.34 bits per heavy atom. The Kier molecular flexibility index (Phi) is 8.48. The van der Waals surface area contributed by atoms with Crippen molar-refractivity contribution in [2.75, 3.05) is 11.9 Å². The molecular weight excluding hydrogens is 462 g/mol. The van der Waals surface area contributed by atoms with E-state index in [0.29, 0.717) is 28.4 Å². The van der Waals surface area contributed by atoms with E-state index in [0.717, 1.165) is 4.47 Å². The lowest BCUT2D eigenvalue weighted by Gasteiger charge is -2.10. The van der Waals surface area contributed by atoms with Gasteiger partial charge in [0.25, 0.3) is 11.8 Å². The largest absolute Gasteiger partial charge is 0.482 e. The molecule has 0 aliphatic rings. The van der Waals surface area contributed by atoms with Gasteiger partial charge in [0, 0.05) is 22.1 Å². The van der Waals surface area contributed by atoms with E-state index in [9.17, 15) is 14.4 Å². The number of benzene rings is 2. The van der Waals surface area contributed by atoms with Crippen LogP contribution in [0.1, 0.15) is 30.6 Å². The topological polar surface area (TPSA) is 96.5 Å². The van der Waals surface area contributed by atoms with Crippen molar-refractivity contribution < 1.29 is 19.1 Å². The van der Waals surface area contributed by atoms with E-state index in [4.69, 9.17) is 16.3 Å². The number of hydrazine groups is 1. The van der Waals surface area contributed by atoms with Gasteiger partial charge in [0.15, 0.2) is 6.61 Å². The number of rotatable bonds is 7. The molecular formula is C20H21BrClN3O4. The van der Waals surface area contributed by atoms with Crippen LogP contribution >= 0.6 is 27.5 Å². The minimum Gasteiger partial charge on any atom is -0.482 e. The van der Waals surface area contributed by atoms with Gasteiger partial charge in [0.2, 0.25) is 5.91 Å². The first-order valence-corrected chi connectivity index (χ1v) is 9.98. The third-order valence-corrected chi connectivity index (χ3v) is 4.38. The normalized spacial score (nSPS) is 10.4. The highest BCUT2D eigenvalue weighted by molar-refractivity contribution is 9.10. The molecule has 0 spiro atoms. The van der Waals surface area contributed by atoms with Gasteiger partial charge in [-0.3, -0.25) is 25.2 Å². The number of hydrogen-bond acceptors (Lipinski definition) is 4. The SMILES string of the molecule is CC(C)CC(=O)Nc1ccc(C(=O)NNC(=O)COc2ccc(Br)cc2Cl)cc1. The first kappa shape index (κ1) is 22.7. The highest BCUT2D eigenvalue weighted by Gasteiger charge is 2.10. The van der Waals surface area contributed by atoms with Crippen molar-refractivity contribution in [3.63, 3.8) is 0 Å². The van der Waals surface area contributed by atoms with E-state index >= 15 is 0 Å². The van der Waals surface area contributed by atoms with Gasteiger partial charge < -0.3 is 10.1 Å². The molecule has 7 nitrogen and oxygen atoms in total. The van der Waals surface area contributed by atoms with Gasteiger partial charge in [-0.2, -0.15) is 0 Å². The number of ether oxygens (including phenoxy) is 1. The van der Waals surface area contributed by atoms with Crippen molar-refractivity contribution in [2.24, 2.45) is 5.92 Å². The molecule has 2 rings (SSSR count). The van der Waals surface area contributed by atoms with Gasteiger partial charge in [-0.05, 0) is 48.4 Å². The number of carbonyl (C=O) groups is 3. The van der Waals surface area contributed by atoms with Crippen LogP contribution in [0.5, 0.6) is 5.75 Å². The van der Waals surface area contributed by atoms with Crippen LogP contribution < -0.4 is 20.9 Å². The average molecular weight is 483 g/mol. The zero-order chi connectivity index (χ0) is 21.4. The van der Waals surface area contributed by atoms with E-state index in [-0.39, 0.29) is 18.4 Å². The highest BCUT2D eigenvalue weighted by Crippen LogP contribution is 2.27. The monoisotopic (exact) mass is 481 g/mol. The molecule has 0 heterocycles. The Hall–Kier alpha value is -2.58. The first-order chi connectivity index (χ1) is 13.7. The summed E-state index contributed by atoms with van der Waals surface area (Å²) in [6.07, 6.45) is 0.418. The van der Waals surface area contributed by atoms with Gasteiger partial charge in [0.05, 0.1) is 5.02 Å². The summed E-state index contributed by atoms with van der Waals surface area (Å²) in [5, 5.41) is 3.12. The Bertz CT molecular complexity index is 888. The van der Waals surface area contributed by atoms with Crippen LogP contribution in [0.2, 0.25) is 5.02 Å². The maximum Gasteiger partial charge on any atom is 0.276 e. The average Bonchev–Trinajstić information content (AvgIpc) is 2.65. The zero-order valence-corrected chi connectivity index (χ0v) is 18.3. The summed E-state index contributed by atoms with van der Waals surface area (Å²) < 4.78 is 6.10. The molecule has 0 fully saturated rings. The molecule has 3 N–H and O–H groups in total. The predicted molar refractivity (Wildman–Crippen MR) is 115 cm³/mol. The summed E-state index contributed by atoms with van der Waals surface area (Å²) in [6.45, 7) is 3.60. The molecule has 0 radical (unpaired) electrons. The van der Waals surface area contributed by atoms with Gasteiger partial charge in [0.1, 0.15) is 5.75 Å². The molecule has 29 heavy (non-hydrogen) atoms. The Morgan fingerprint density at radius 2 is 1.72 bits per heavy atom.